The van der Waals surface area contributed by atoms with E-state index < -0.39 is 23.5 Å². The lowest BCUT2D eigenvalue weighted by Gasteiger charge is -2.73. The number of carbonyl (C=O) groups is 2. The maximum absolute atomic E-state index is 12.5. The van der Waals surface area contributed by atoms with Gasteiger partial charge >= 0.3 is 5.97 Å². The van der Waals surface area contributed by atoms with Crippen molar-refractivity contribution in [1.82, 2.24) is 0 Å². The standard InChI is InChI=1S/C30H50O3.C2H4O2/c1-18-10-13-26(3)16-17-28(5)20(24(26)19(18)2)8-9-21-27(4)14-12-23(31)30(7,25(32)33)22(27)11-15-29(21,28)6;1-2(3)4/h18-24,31H,8-17H2,1-7H3,(H,32,33);1H3,(H,3,4)/t18-,19+,20?,21?,22?,23-,24?,26-,27-,28-,29-,30-;/m1./s1. The van der Waals surface area contributed by atoms with Gasteiger partial charge in [-0.25, -0.2) is 0 Å². The van der Waals surface area contributed by atoms with Crippen LogP contribution in [0.1, 0.15) is 120 Å². The molecule has 0 aromatic rings. The highest BCUT2D eigenvalue weighted by atomic mass is 16.4. The third-order valence-corrected chi connectivity index (χ3v) is 14.1. The van der Waals surface area contributed by atoms with Gasteiger partial charge in [-0.1, -0.05) is 41.5 Å². The summed E-state index contributed by atoms with van der Waals surface area (Å²) in [7, 11) is 0. The Bertz CT molecular complexity index is 913. The summed E-state index contributed by atoms with van der Waals surface area (Å²) in [6.07, 6.45) is 11.1. The van der Waals surface area contributed by atoms with Gasteiger partial charge in [-0.2, -0.15) is 0 Å². The fourth-order valence-electron chi connectivity index (χ4n) is 11.7. The van der Waals surface area contributed by atoms with Gasteiger partial charge in [0.05, 0.1) is 11.5 Å². The number of aliphatic hydroxyl groups is 1. The molecule has 0 aromatic carbocycles. The maximum Gasteiger partial charge on any atom is 0.312 e. The molecule has 3 N–H and O–H groups in total. The van der Waals surface area contributed by atoms with Gasteiger partial charge in [0.1, 0.15) is 0 Å². The van der Waals surface area contributed by atoms with Crippen molar-refractivity contribution in [3.05, 3.63) is 0 Å². The van der Waals surface area contributed by atoms with Crippen LogP contribution in [0.5, 0.6) is 0 Å². The van der Waals surface area contributed by atoms with Gasteiger partial charge in [0.25, 0.3) is 5.97 Å². The van der Waals surface area contributed by atoms with Crippen LogP contribution < -0.4 is 0 Å². The minimum absolute atomic E-state index is 0.0135. The highest BCUT2D eigenvalue weighted by molar-refractivity contribution is 5.76. The van der Waals surface area contributed by atoms with Crippen LogP contribution in [0.15, 0.2) is 0 Å². The van der Waals surface area contributed by atoms with E-state index in [1.165, 1.54) is 38.5 Å². The molecule has 5 aliphatic carbocycles. The number of aliphatic carboxylic acids is 2. The van der Waals surface area contributed by atoms with Crippen molar-refractivity contribution >= 4 is 11.9 Å². The van der Waals surface area contributed by atoms with Crippen LogP contribution in [-0.2, 0) is 9.59 Å². The van der Waals surface area contributed by atoms with Gasteiger partial charge in [0.15, 0.2) is 0 Å². The zero-order valence-electron chi connectivity index (χ0n) is 24.8. The number of fused-ring (bicyclic) bond motifs is 7. The third-order valence-electron chi connectivity index (χ3n) is 14.1. The Labute approximate surface area is 225 Å². The van der Waals surface area contributed by atoms with Gasteiger partial charge in [-0.15, -0.1) is 0 Å². The van der Waals surface area contributed by atoms with Crippen LogP contribution in [0.25, 0.3) is 0 Å². The fraction of sp³-hybridized carbons (Fsp3) is 0.938. The van der Waals surface area contributed by atoms with Crippen LogP contribution in [0.4, 0.5) is 0 Å². The second-order valence-electron chi connectivity index (χ2n) is 15.4. The van der Waals surface area contributed by atoms with E-state index in [9.17, 15) is 15.0 Å². The molecule has 5 rings (SSSR count). The number of hydrogen-bond acceptors (Lipinski definition) is 3. The molecule has 0 saturated heterocycles. The normalized spacial score (nSPS) is 54.8. The number of aliphatic hydroxyl groups excluding tert-OH is 1. The van der Waals surface area contributed by atoms with Gasteiger partial charge in [0, 0.05) is 6.92 Å². The molecule has 0 aromatic heterocycles. The van der Waals surface area contributed by atoms with Gasteiger partial charge in [-0.3, -0.25) is 9.59 Å². The lowest BCUT2D eigenvalue weighted by atomic mass is 9.31. The van der Waals surface area contributed by atoms with Gasteiger partial charge < -0.3 is 15.3 Å². The highest BCUT2D eigenvalue weighted by Gasteiger charge is 2.71. The molecule has 5 nitrogen and oxygen atoms in total. The molecule has 0 heterocycles. The molecule has 0 radical (unpaired) electrons. The molecule has 212 valence electrons. The summed E-state index contributed by atoms with van der Waals surface area (Å²) in [5.41, 5.74) is 0.126. The van der Waals surface area contributed by atoms with E-state index in [1.807, 2.05) is 6.92 Å². The molecular weight excluding hydrogens is 464 g/mol. The quantitative estimate of drug-likeness (QED) is 0.339. The zero-order valence-corrected chi connectivity index (χ0v) is 24.8. The molecular formula is C32H54O5. The summed E-state index contributed by atoms with van der Waals surface area (Å²) in [4.78, 5) is 21.5. The SMILES string of the molecule is CC(=O)O.C[C@@H]1CC[C@]2(C)CC[C@]3(C)C(CCC4[C@@]5(C)CC[C@@H](O)[C@](C)(C(=O)O)C5CC[C@]43C)C2[C@H]1C. The first-order valence-electron chi connectivity index (χ1n) is 15.1. The lowest BCUT2D eigenvalue weighted by Crippen LogP contribution is -2.68. The first-order chi connectivity index (χ1) is 17.0. The summed E-state index contributed by atoms with van der Waals surface area (Å²) in [6, 6.07) is 0. The van der Waals surface area contributed by atoms with Crippen molar-refractivity contribution in [2.24, 2.45) is 62.6 Å². The van der Waals surface area contributed by atoms with Crippen LogP contribution in [0, 0.1) is 62.6 Å². The Morgan fingerprint density at radius 3 is 1.95 bits per heavy atom. The van der Waals surface area contributed by atoms with Crippen LogP contribution >= 0.6 is 0 Å². The predicted molar refractivity (Wildman–Crippen MR) is 146 cm³/mol. The highest BCUT2D eigenvalue weighted by Crippen LogP contribution is 2.77. The Balaban J connectivity index is 0.000000747. The Hall–Kier alpha value is -1.10. The van der Waals surface area contributed by atoms with E-state index >= 15 is 0 Å². The van der Waals surface area contributed by atoms with Crippen molar-refractivity contribution < 1.29 is 24.9 Å². The molecule has 5 aliphatic rings. The van der Waals surface area contributed by atoms with Crippen LogP contribution in [0.2, 0.25) is 0 Å². The van der Waals surface area contributed by atoms with E-state index in [-0.39, 0.29) is 16.7 Å². The molecule has 0 amide bonds. The van der Waals surface area contributed by atoms with Crippen molar-refractivity contribution in [2.45, 2.75) is 126 Å². The van der Waals surface area contributed by atoms with E-state index in [4.69, 9.17) is 9.90 Å². The molecule has 0 spiro atoms. The summed E-state index contributed by atoms with van der Waals surface area (Å²) in [5.74, 6) is 2.30. The van der Waals surface area contributed by atoms with E-state index in [2.05, 4.69) is 41.5 Å². The number of hydrogen-bond donors (Lipinski definition) is 3. The van der Waals surface area contributed by atoms with Crippen molar-refractivity contribution in [3.8, 4) is 0 Å². The average molecular weight is 519 g/mol. The summed E-state index contributed by atoms with van der Waals surface area (Å²) < 4.78 is 0. The monoisotopic (exact) mass is 518 g/mol. The van der Waals surface area contributed by atoms with Gasteiger partial charge in [0.2, 0.25) is 0 Å². The number of carboxylic acid groups (broad SMARTS) is 2. The van der Waals surface area contributed by atoms with Crippen LogP contribution in [-0.4, -0.2) is 33.4 Å². The van der Waals surface area contributed by atoms with Crippen molar-refractivity contribution in [2.75, 3.05) is 0 Å². The van der Waals surface area contributed by atoms with Crippen LogP contribution in [0.3, 0.4) is 0 Å². The molecule has 12 atom stereocenters. The van der Waals surface area contributed by atoms with Gasteiger partial charge in [-0.05, 0) is 128 Å². The number of carboxylic acids is 2. The topological polar surface area (TPSA) is 94.8 Å². The number of rotatable bonds is 1. The molecule has 4 unspecified atom stereocenters. The van der Waals surface area contributed by atoms with E-state index in [0.717, 1.165) is 49.9 Å². The Morgan fingerprint density at radius 2 is 1.35 bits per heavy atom. The summed E-state index contributed by atoms with van der Waals surface area (Å²) in [5, 5.41) is 28.6. The average Bonchev–Trinajstić information content (AvgIpc) is 2.80. The summed E-state index contributed by atoms with van der Waals surface area (Å²) >= 11 is 0. The predicted octanol–water partition coefficient (Wildman–Crippen LogP) is 7.26. The third kappa shape index (κ3) is 3.94. The van der Waals surface area contributed by atoms with E-state index in [0.29, 0.717) is 23.2 Å². The molecule has 0 bridgehead atoms. The largest absolute Gasteiger partial charge is 0.481 e. The van der Waals surface area contributed by atoms with Crippen molar-refractivity contribution in [1.29, 1.82) is 0 Å². The molecule has 0 aliphatic heterocycles. The Kier molecular flexibility index (Phi) is 7.21. The first kappa shape index (κ1) is 28.9. The smallest absolute Gasteiger partial charge is 0.312 e. The van der Waals surface area contributed by atoms with Crippen molar-refractivity contribution in [3.63, 3.8) is 0 Å². The first-order valence-corrected chi connectivity index (χ1v) is 15.1. The maximum atomic E-state index is 12.5. The second kappa shape index (κ2) is 9.24. The lowest BCUT2D eigenvalue weighted by molar-refractivity contribution is -0.258. The minimum Gasteiger partial charge on any atom is -0.481 e. The molecule has 5 heteroatoms. The molecule has 5 fully saturated rings. The minimum atomic E-state index is -1.01. The molecule has 37 heavy (non-hydrogen) atoms. The zero-order chi connectivity index (χ0) is 27.8. The Morgan fingerprint density at radius 1 is 0.730 bits per heavy atom. The second-order valence-corrected chi connectivity index (χ2v) is 15.4. The summed E-state index contributed by atoms with van der Waals surface area (Å²) in [6.45, 7) is 18.3. The fourth-order valence-corrected chi connectivity index (χ4v) is 11.7. The molecule has 5 saturated carbocycles. The van der Waals surface area contributed by atoms with E-state index in [1.54, 1.807) is 0 Å².